The molecule has 1 N–H and O–H groups in total. The van der Waals surface area contributed by atoms with Crippen molar-refractivity contribution in [2.75, 3.05) is 14.2 Å². The van der Waals surface area contributed by atoms with E-state index in [1.165, 1.54) is 31.4 Å². The second-order valence-corrected chi connectivity index (χ2v) is 3.12. The summed E-state index contributed by atoms with van der Waals surface area (Å²) >= 11 is 0. The van der Waals surface area contributed by atoms with Gasteiger partial charge in [-0.3, -0.25) is 0 Å². The van der Waals surface area contributed by atoms with Gasteiger partial charge in [-0.1, -0.05) is 0 Å². The van der Waals surface area contributed by atoms with Crippen LogP contribution in [0.25, 0.3) is 0 Å². The number of esters is 2. The van der Waals surface area contributed by atoms with Crippen LogP contribution in [0.5, 0.6) is 11.5 Å². The molecule has 0 aliphatic rings. The molecule has 6 nitrogen and oxygen atoms in total. The zero-order chi connectivity index (χ0) is 13.5. The van der Waals surface area contributed by atoms with Crippen LogP contribution in [0, 0.1) is 0 Å². The van der Waals surface area contributed by atoms with Crippen LogP contribution < -0.4 is 4.74 Å². The average molecular weight is 252 g/mol. The van der Waals surface area contributed by atoms with Gasteiger partial charge in [-0.15, -0.1) is 0 Å². The molecule has 0 amide bonds. The topological polar surface area (TPSA) is 82.1 Å². The molecule has 0 saturated carbocycles. The van der Waals surface area contributed by atoms with E-state index in [4.69, 9.17) is 9.84 Å². The Labute approximate surface area is 103 Å². The van der Waals surface area contributed by atoms with Crippen LogP contribution in [-0.4, -0.2) is 31.3 Å². The van der Waals surface area contributed by atoms with E-state index >= 15 is 0 Å². The number of carbonyl (C=O) groups excluding carboxylic acids is 2. The first kappa shape index (κ1) is 13.6. The van der Waals surface area contributed by atoms with Crippen LogP contribution in [0.4, 0.5) is 0 Å². The molecule has 18 heavy (non-hydrogen) atoms. The van der Waals surface area contributed by atoms with Crippen LogP contribution in [0.15, 0.2) is 36.1 Å². The average Bonchev–Trinajstić information content (AvgIpc) is 2.39. The second kappa shape index (κ2) is 6.29. The van der Waals surface area contributed by atoms with E-state index < -0.39 is 11.9 Å². The zero-order valence-corrected chi connectivity index (χ0v) is 9.88. The molecule has 0 aliphatic heterocycles. The summed E-state index contributed by atoms with van der Waals surface area (Å²) < 4.78 is 14.0. The van der Waals surface area contributed by atoms with Gasteiger partial charge in [-0.25, -0.2) is 9.59 Å². The third-order valence-electron chi connectivity index (χ3n) is 1.90. The molecule has 0 bridgehead atoms. The molecule has 0 aromatic heterocycles. The van der Waals surface area contributed by atoms with Crippen molar-refractivity contribution in [1.29, 1.82) is 0 Å². The van der Waals surface area contributed by atoms with E-state index in [-0.39, 0.29) is 17.3 Å². The number of methoxy groups -OCH3 is 2. The molecule has 0 spiro atoms. The van der Waals surface area contributed by atoms with Gasteiger partial charge in [-0.05, 0) is 24.3 Å². The summed E-state index contributed by atoms with van der Waals surface area (Å²) in [7, 11) is 2.34. The Bertz CT molecular complexity index is 460. The monoisotopic (exact) mass is 252 g/mol. The van der Waals surface area contributed by atoms with Gasteiger partial charge in [0.15, 0.2) is 0 Å². The molecule has 0 saturated heterocycles. The predicted octanol–water partition coefficient (Wildman–Crippen LogP) is 1.00. The van der Waals surface area contributed by atoms with Gasteiger partial charge in [0.2, 0.25) is 5.76 Å². The summed E-state index contributed by atoms with van der Waals surface area (Å²) in [5.74, 6) is -1.54. The van der Waals surface area contributed by atoms with Gasteiger partial charge in [0.1, 0.15) is 11.5 Å². The van der Waals surface area contributed by atoms with Gasteiger partial charge in [0, 0.05) is 0 Å². The van der Waals surface area contributed by atoms with E-state index in [0.717, 1.165) is 13.2 Å². The summed E-state index contributed by atoms with van der Waals surface area (Å²) in [6.45, 7) is 0. The molecular formula is C12H12O6. The van der Waals surface area contributed by atoms with Crippen molar-refractivity contribution in [3.05, 3.63) is 36.1 Å². The lowest BCUT2D eigenvalue weighted by molar-refractivity contribution is -0.140. The Morgan fingerprint density at radius 1 is 1.11 bits per heavy atom. The van der Waals surface area contributed by atoms with Crippen LogP contribution in [0.3, 0.4) is 0 Å². The van der Waals surface area contributed by atoms with Crippen molar-refractivity contribution in [2.24, 2.45) is 0 Å². The lowest BCUT2D eigenvalue weighted by Crippen LogP contribution is -2.13. The number of rotatable bonds is 4. The quantitative estimate of drug-likeness (QED) is 0.489. The highest BCUT2D eigenvalue weighted by atomic mass is 16.6. The first-order valence-corrected chi connectivity index (χ1v) is 4.91. The van der Waals surface area contributed by atoms with E-state index in [1.807, 2.05) is 0 Å². The summed E-state index contributed by atoms with van der Waals surface area (Å²) in [6.07, 6.45) is 0.874. The third kappa shape index (κ3) is 3.82. The SMILES string of the molecule is COC(=O)/C=C(/Oc1ccc(O)cc1)C(=O)OC. The molecular weight excluding hydrogens is 240 g/mol. The Morgan fingerprint density at radius 3 is 2.22 bits per heavy atom. The highest BCUT2D eigenvalue weighted by molar-refractivity contribution is 5.95. The summed E-state index contributed by atoms with van der Waals surface area (Å²) in [4.78, 5) is 22.4. The van der Waals surface area contributed by atoms with Crippen molar-refractivity contribution < 1.29 is 28.9 Å². The summed E-state index contributed by atoms with van der Waals surface area (Å²) in [6, 6.07) is 5.62. The first-order valence-electron chi connectivity index (χ1n) is 4.91. The number of hydrogen-bond acceptors (Lipinski definition) is 6. The number of carbonyl (C=O) groups is 2. The van der Waals surface area contributed by atoms with Gasteiger partial charge in [0.05, 0.1) is 20.3 Å². The fourth-order valence-corrected chi connectivity index (χ4v) is 1.04. The number of aromatic hydroxyl groups is 1. The molecule has 0 fully saturated rings. The number of hydrogen-bond donors (Lipinski definition) is 1. The maximum atomic E-state index is 11.4. The Morgan fingerprint density at radius 2 is 1.72 bits per heavy atom. The third-order valence-corrected chi connectivity index (χ3v) is 1.90. The molecule has 0 aliphatic carbocycles. The Kier molecular flexibility index (Phi) is 4.74. The van der Waals surface area contributed by atoms with Gasteiger partial charge >= 0.3 is 11.9 Å². The largest absolute Gasteiger partial charge is 0.508 e. The van der Waals surface area contributed by atoms with E-state index in [2.05, 4.69) is 9.47 Å². The highest BCUT2D eigenvalue weighted by Crippen LogP contribution is 2.18. The second-order valence-electron chi connectivity index (χ2n) is 3.12. The van der Waals surface area contributed by atoms with Crippen LogP contribution in [-0.2, 0) is 19.1 Å². The smallest absolute Gasteiger partial charge is 0.374 e. The molecule has 0 heterocycles. The normalized spacial score (nSPS) is 10.7. The first-order chi connectivity index (χ1) is 8.56. The summed E-state index contributed by atoms with van der Waals surface area (Å²) in [5, 5.41) is 9.09. The van der Waals surface area contributed by atoms with E-state index in [0.29, 0.717) is 0 Å². The van der Waals surface area contributed by atoms with E-state index in [1.54, 1.807) is 0 Å². The Hall–Kier alpha value is -2.50. The fraction of sp³-hybridized carbons (Fsp3) is 0.167. The zero-order valence-electron chi connectivity index (χ0n) is 9.88. The number of ether oxygens (including phenoxy) is 3. The van der Waals surface area contributed by atoms with Crippen molar-refractivity contribution in [1.82, 2.24) is 0 Å². The van der Waals surface area contributed by atoms with E-state index in [9.17, 15) is 9.59 Å². The Balaban J connectivity index is 2.91. The minimum Gasteiger partial charge on any atom is -0.508 e. The lowest BCUT2D eigenvalue weighted by Gasteiger charge is -2.07. The highest BCUT2D eigenvalue weighted by Gasteiger charge is 2.15. The lowest BCUT2D eigenvalue weighted by atomic mass is 10.3. The molecule has 0 unspecified atom stereocenters. The standard InChI is InChI=1S/C12H12O6/c1-16-11(14)7-10(12(15)17-2)18-9-5-3-8(13)4-6-9/h3-7,13H,1-2H3/b10-7+. The van der Waals surface area contributed by atoms with Crippen LogP contribution in [0.2, 0.25) is 0 Å². The number of phenolic OH excluding ortho intramolecular Hbond substituents is 1. The number of benzene rings is 1. The molecule has 0 atom stereocenters. The number of phenols is 1. The van der Waals surface area contributed by atoms with Crippen molar-refractivity contribution in [2.45, 2.75) is 0 Å². The predicted molar refractivity (Wildman–Crippen MR) is 60.8 cm³/mol. The van der Waals surface area contributed by atoms with Crippen molar-refractivity contribution in [3.63, 3.8) is 0 Å². The van der Waals surface area contributed by atoms with Crippen molar-refractivity contribution in [3.8, 4) is 11.5 Å². The van der Waals surface area contributed by atoms with Crippen molar-refractivity contribution >= 4 is 11.9 Å². The molecule has 6 heteroatoms. The molecule has 1 rings (SSSR count). The molecule has 1 aromatic rings. The maximum Gasteiger partial charge on any atom is 0.374 e. The van der Waals surface area contributed by atoms with Gasteiger partial charge in [-0.2, -0.15) is 0 Å². The molecule has 1 aromatic carbocycles. The minimum absolute atomic E-state index is 0.0546. The van der Waals surface area contributed by atoms with Gasteiger partial charge in [0.25, 0.3) is 0 Å². The molecule has 96 valence electrons. The minimum atomic E-state index is -0.812. The summed E-state index contributed by atoms with van der Waals surface area (Å²) in [5.41, 5.74) is 0. The van der Waals surface area contributed by atoms with Gasteiger partial charge < -0.3 is 19.3 Å². The van der Waals surface area contributed by atoms with Crippen LogP contribution in [0.1, 0.15) is 0 Å². The van der Waals surface area contributed by atoms with Crippen LogP contribution >= 0.6 is 0 Å². The molecule has 0 radical (unpaired) electrons. The fourth-order valence-electron chi connectivity index (χ4n) is 1.04. The maximum absolute atomic E-state index is 11.4.